The fourth-order valence-electron chi connectivity index (χ4n) is 1.41. The van der Waals surface area contributed by atoms with Gasteiger partial charge in [-0.3, -0.25) is 0 Å². The molecule has 1 aromatic rings. The first-order valence-electron chi connectivity index (χ1n) is 4.65. The third-order valence-electron chi connectivity index (χ3n) is 2.13. The molecule has 0 fully saturated rings. The molecule has 0 aliphatic carbocycles. The summed E-state index contributed by atoms with van der Waals surface area (Å²) >= 11 is 1.56. The van der Waals surface area contributed by atoms with E-state index in [0.717, 1.165) is 16.1 Å². The summed E-state index contributed by atoms with van der Waals surface area (Å²) in [4.78, 5) is 12.6. The number of carbonyl (C=O) groups excluding carboxylic acids is 1. The second-order valence-electron chi connectivity index (χ2n) is 3.06. The molecule has 2 heterocycles. The van der Waals surface area contributed by atoms with E-state index in [0.29, 0.717) is 12.2 Å². The molecule has 1 aliphatic rings. The van der Waals surface area contributed by atoms with Crippen molar-refractivity contribution in [2.45, 2.75) is 6.92 Å². The molecule has 0 atom stereocenters. The largest absolute Gasteiger partial charge is 0.462 e. The van der Waals surface area contributed by atoms with Gasteiger partial charge in [0.05, 0.1) is 22.7 Å². The molecule has 0 radical (unpaired) electrons. The van der Waals surface area contributed by atoms with E-state index in [4.69, 9.17) is 4.74 Å². The third-order valence-corrected chi connectivity index (χ3v) is 3.11. The number of nitrogens with one attached hydrogen (secondary N) is 1. The number of fused-ring (bicyclic) bond motifs is 1. The van der Waals surface area contributed by atoms with Crippen LogP contribution in [0, 0.1) is 0 Å². The zero-order chi connectivity index (χ0) is 10.8. The second kappa shape index (κ2) is 3.90. The summed E-state index contributed by atoms with van der Waals surface area (Å²) in [5, 5.41) is 5.01. The highest BCUT2D eigenvalue weighted by atomic mass is 32.1. The van der Waals surface area contributed by atoms with E-state index in [9.17, 15) is 4.79 Å². The predicted octanol–water partition coefficient (Wildman–Crippen LogP) is 2.63. The van der Waals surface area contributed by atoms with E-state index in [1.807, 2.05) is 11.4 Å². The number of anilines is 1. The fourth-order valence-corrected chi connectivity index (χ4v) is 2.25. The minimum atomic E-state index is -0.325. The van der Waals surface area contributed by atoms with Crippen molar-refractivity contribution in [3.63, 3.8) is 0 Å². The van der Waals surface area contributed by atoms with E-state index in [2.05, 4.69) is 11.9 Å². The summed E-state index contributed by atoms with van der Waals surface area (Å²) in [7, 11) is 0. The fraction of sp³-hybridized carbons (Fsp3) is 0.182. The highest BCUT2D eigenvalue weighted by molar-refractivity contribution is 7.11. The van der Waals surface area contributed by atoms with Crippen molar-refractivity contribution in [2.24, 2.45) is 0 Å². The number of thiophene rings is 1. The SMILES string of the molecule is C=C1C(C(=O)OCC)=CNc2ccsc21. The Morgan fingerprint density at radius 2 is 2.47 bits per heavy atom. The summed E-state index contributed by atoms with van der Waals surface area (Å²) in [6.45, 7) is 6.08. The van der Waals surface area contributed by atoms with Gasteiger partial charge in [0.1, 0.15) is 0 Å². The zero-order valence-electron chi connectivity index (χ0n) is 8.37. The molecule has 0 spiro atoms. The first-order chi connectivity index (χ1) is 7.24. The second-order valence-corrected chi connectivity index (χ2v) is 3.98. The minimum absolute atomic E-state index is 0.325. The molecule has 1 aliphatic heterocycles. The van der Waals surface area contributed by atoms with Crippen molar-refractivity contribution in [3.8, 4) is 0 Å². The van der Waals surface area contributed by atoms with Gasteiger partial charge in [0.15, 0.2) is 0 Å². The maximum absolute atomic E-state index is 11.6. The molecule has 1 N–H and O–H groups in total. The molecule has 2 rings (SSSR count). The Morgan fingerprint density at radius 3 is 3.20 bits per heavy atom. The van der Waals surface area contributed by atoms with Crippen molar-refractivity contribution in [1.82, 2.24) is 0 Å². The molecule has 0 bridgehead atoms. The van der Waals surface area contributed by atoms with E-state index >= 15 is 0 Å². The topological polar surface area (TPSA) is 38.3 Å². The first-order valence-corrected chi connectivity index (χ1v) is 5.53. The number of rotatable bonds is 2. The lowest BCUT2D eigenvalue weighted by Crippen LogP contribution is -2.13. The Morgan fingerprint density at radius 1 is 1.67 bits per heavy atom. The number of ether oxygens (including phenoxy) is 1. The Balaban J connectivity index is 2.27. The van der Waals surface area contributed by atoms with Gasteiger partial charge in [-0.2, -0.15) is 0 Å². The average Bonchev–Trinajstić information content (AvgIpc) is 2.67. The van der Waals surface area contributed by atoms with Crippen molar-refractivity contribution in [1.29, 1.82) is 0 Å². The molecule has 0 saturated carbocycles. The Hall–Kier alpha value is -1.55. The minimum Gasteiger partial charge on any atom is -0.462 e. The first kappa shape index (κ1) is 9.98. The van der Waals surface area contributed by atoms with E-state index in [1.165, 1.54) is 0 Å². The van der Waals surface area contributed by atoms with Crippen LogP contribution in [0.2, 0.25) is 0 Å². The molecule has 0 unspecified atom stereocenters. The van der Waals surface area contributed by atoms with Gasteiger partial charge in [-0.05, 0) is 18.4 Å². The molecule has 3 nitrogen and oxygen atoms in total. The normalized spacial score (nSPS) is 13.9. The van der Waals surface area contributed by atoms with Gasteiger partial charge in [-0.25, -0.2) is 4.79 Å². The molecule has 15 heavy (non-hydrogen) atoms. The lowest BCUT2D eigenvalue weighted by atomic mass is 10.0. The van der Waals surface area contributed by atoms with Gasteiger partial charge in [-0.1, -0.05) is 6.58 Å². The van der Waals surface area contributed by atoms with Crippen molar-refractivity contribution < 1.29 is 9.53 Å². The molecule has 0 amide bonds. The maximum atomic E-state index is 11.6. The monoisotopic (exact) mass is 221 g/mol. The maximum Gasteiger partial charge on any atom is 0.340 e. The van der Waals surface area contributed by atoms with Crippen LogP contribution in [0.25, 0.3) is 5.57 Å². The molecule has 1 aromatic heterocycles. The van der Waals surface area contributed by atoms with Gasteiger partial charge in [0, 0.05) is 11.8 Å². The van der Waals surface area contributed by atoms with Crippen LogP contribution in [0.15, 0.2) is 29.8 Å². The van der Waals surface area contributed by atoms with Crippen LogP contribution in [-0.4, -0.2) is 12.6 Å². The zero-order valence-corrected chi connectivity index (χ0v) is 9.19. The van der Waals surface area contributed by atoms with Crippen LogP contribution in [0.5, 0.6) is 0 Å². The van der Waals surface area contributed by atoms with Gasteiger partial charge < -0.3 is 10.1 Å². The summed E-state index contributed by atoms with van der Waals surface area (Å²) in [6.07, 6.45) is 1.65. The standard InChI is InChI=1S/C11H11NO2S/c1-3-14-11(13)8-6-12-9-4-5-15-10(9)7(8)2/h4-6,12H,2-3H2,1H3. The van der Waals surface area contributed by atoms with Gasteiger partial charge in [0.25, 0.3) is 0 Å². The summed E-state index contributed by atoms with van der Waals surface area (Å²) < 4.78 is 4.94. The lowest BCUT2D eigenvalue weighted by Gasteiger charge is -2.15. The Kier molecular flexibility index (Phi) is 2.60. The molecular formula is C11H11NO2S. The van der Waals surface area contributed by atoms with Crippen molar-refractivity contribution >= 4 is 28.6 Å². The lowest BCUT2D eigenvalue weighted by molar-refractivity contribution is -0.137. The highest BCUT2D eigenvalue weighted by Gasteiger charge is 2.22. The van der Waals surface area contributed by atoms with Crippen LogP contribution in [-0.2, 0) is 9.53 Å². The number of hydrogen-bond acceptors (Lipinski definition) is 4. The highest BCUT2D eigenvalue weighted by Crippen LogP contribution is 2.36. The summed E-state index contributed by atoms with van der Waals surface area (Å²) in [5.41, 5.74) is 2.24. The van der Waals surface area contributed by atoms with Crippen LogP contribution in [0.3, 0.4) is 0 Å². The number of hydrogen-bond donors (Lipinski definition) is 1. The average molecular weight is 221 g/mol. The van der Waals surface area contributed by atoms with E-state index in [1.54, 1.807) is 24.5 Å². The van der Waals surface area contributed by atoms with Crippen LogP contribution >= 0.6 is 11.3 Å². The smallest absolute Gasteiger partial charge is 0.340 e. The van der Waals surface area contributed by atoms with Crippen LogP contribution in [0.1, 0.15) is 11.8 Å². The predicted molar refractivity (Wildman–Crippen MR) is 61.7 cm³/mol. The third kappa shape index (κ3) is 1.68. The van der Waals surface area contributed by atoms with Gasteiger partial charge in [-0.15, -0.1) is 11.3 Å². The molecular weight excluding hydrogens is 210 g/mol. The van der Waals surface area contributed by atoms with Crippen LogP contribution in [0.4, 0.5) is 5.69 Å². The van der Waals surface area contributed by atoms with Crippen molar-refractivity contribution in [2.75, 3.05) is 11.9 Å². The molecule has 0 aromatic carbocycles. The molecule has 4 heteroatoms. The van der Waals surface area contributed by atoms with Crippen LogP contribution < -0.4 is 5.32 Å². The number of carbonyl (C=O) groups is 1. The Bertz CT molecular complexity index is 445. The molecule has 78 valence electrons. The van der Waals surface area contributed by atoms with E-state index in [-0.39, 0.29) is 5.97 Å². The quantitative estimate of drug-likeness (QED) is 0.780. The summed E-state index contributed by atoms with van der Waals surface area (Å²) in [5.74, 6) is -0.325. The Labute approximate surface area is 92.1 Å². The van der Waals surface area contributed by atoms with E-state index < -0.39 is 0 Å². The molecule has 0 saturated heterocycles. The summed E-state index contributed by atoms with van der Waals surface area (Å²) in [6, 6.07) is 1.96. The van der Waals surface area contributed by atoms with Gasteiger partial charge >= 0.3 is 5.97 Å². The van der Waals surface area contributed by atoms with Gasteiger partial charge in [0.2, 0.25) is 0 Å². The number of esters is 1. The van der Waals surface area contributed by atoms with Crippen molar-refractivity contribution in [3.05, 3.63) is 34.7 Å².